The first kappa shape index (κ1) is 86.6. The number of rotatable bonds is 78. The summed E-state index contributed by atoms with van der Waals surface area (Å²) in [7, 11) is 0. The molecule has 2 unspecified atom stereocenters. The number of unbranched alkanes of at least 4 members (excludes halogenated alkanes) is 65. The van der Waals surface area contributed by atoms with E-state index in [0.717, 1.165) is 38.5 Å². The third-order valence-electron chi connectivity index (χ3n) is 19.6. The quantitative estimate of drug-likeness (QED) is 0.0320. The molecule has 0 saturated heterocycles. The first-order chi connectivity index (χ1) is 43.5. The van der Waals surface area contributed by atoms with Crippen LogP contribution in [0.5, 0.6) is 0 Å². The Kier molecular flexibility index (Phi) is 76.8. The molecule has 0 saturated carbocycles. The van der Waals surface area contributed by atoms with Crippen LogP contribution in [0.1, 0.15) is 476 Å². The summed E-state index contributed by atoms with van der Waals surface area (Å²) in [6.07, 6.45) is 98.9. The van der Waals surface area contributed by atoms with Crippen molar-refractivity contribution in [3.05, 3.63) is 12.2 Å². The van der Waals surface area contributed by atoms with E-state index in [2.05, 4.69) is 31.3 Å². The Labute approximate surface area is 552 Å². The molecule has 0 aromatic carbocycles. The molecule has 6 nitrogen and oxygen atoms in total. The molecular formula is C82H161NO5. The molecule has 1 amide bonds. The molecule has 0 aromatic heterocycles. The van der Waals surface area contributed by atoms with Gasteiger partial charge in [-0.3, -0.25) is 9.59 Å². The molecule has 0 aliphatic heterocycles. The number of carbonyl (C=O) groups excluding carboxylic acids is 2. The van der Waals surface area contributed by atoms with Crippen LogP contribution >= 0.6 is 0 Å². The van der Waals surface area contributed by atoms with E-state index in [1.54, 1.807) is 0 Å². The van der Waals surface area contributed by atoms with Crippen molar-refractivity contribution in [1.82, 2.24) is 5.32 Å². The number of ether oxygens (including phenoxy) is 1. The smallest absolute Gasteiger partial charge is 0.305 e. The topological polar surface area (TPSA) is 95.9 Å². The molecule has 524 valence electrons. The number of amides is 1. The van der Waals surface area contributed by atoms with Gasteiger partial charge in [-0.25, -0.2) is 0 Å². The number of aliphatic hydroxyl groups excluding tert-OH is 2. The standard InChI is InChI=1S/C82H161NO5/c1-3-5-7-9-11-13-15-17-19-20-21-22-23-34-37-40-43-47-50-54-58-62-66-70-74-80(85)79(78-84)83-81(86)75-71-67-63-59-55-51-48-44-41-38-35-32-30-28-26-24-25-27-29-31-33-36-39-42-45-49-53-57-61-65-69-73-77-88-82(87)76-72-68-64-60-56-52-46-18-16-14-12-10-8-6-4-2/h27,29,79-80,84-85H,3-26,28,30-78H2,1-2H3,(H,83,86)/b29-27-. The van der Waals surface area contributed by atoms with Gasteiger partial charge in [-0.2, -0.15) is 0 Å². The Balaban J connectivity index is 3.35. The Morgan fingerprint density at radius 2 is 0.534 bits per heavy atom. The number of hydrogen-bond acceptors (Lipinski definition) is 5. The van der Waals surface area contributed by atoms with Gasteiger partial charge in [-0.05, 0) is 51.4 Å². The van der Waals surface area contributed by atoms with Gasteiger partial charge < -0.3 is 20.3 Å². The average Bonchev–Trinajstić information content (AvgIpc) is 3.58. The van der Waals surface area contributed by atoms with E-state index >= 15 is 0 Å². The lowest BCUT2D eigenvalue weighted by Crippen LogP contribution is -2.45. The number of carbonyl (C=O) groups is 2. The summed E-state index contributed by atoms with van der Waals surface area (Å²) in [6, 6.07) is -0.540. The minimum absolute atomic E-state index is 0.0225. The summed E-state index contributed by atoms with van der Waals surface area (Å²) in [6.45, 7) is 5.02. The summed E-state index contributed by atoms with van der Waals surface area (Å²) in [4.78, 5) is 24.7. The molecule has 3 N–H and O–H groups in total. The van der Waals surface area contributed by atoms with Crippen molar-refractivity contribution in [1.29, 1.82) is 0 Å². The Morgan fingerprint density at radius 1 is 0.307 bits per heavy atom. The molecule has 6 heteroatoms. The highest BCUT2D eigenvalue weighted by Gasteiger charge is 2.20. The van der Waals surface area contributed by atoms with Crippen molar-refractivity contribution >= 4 is 11.9 Å². The molecular weight excluding hydrogens is 1080 g/mol. The van der Waals surface area contributed by atoms with E-state index in [4.69, 9.17) is 4.74 Å². The first-order valence-corrected chi connectivity index (χ1v) is 40.9. The molecule has 2 atom stereocenters. The molecule has 0 fully saturated rings. The van der Waals surface area contributed by atoms with Gasteiger partial charge in [0, 0.05) is 12.8 Å². The highest BCUT2D eigenvalue weighted by molar-refractivity contribution is 5.76. The van der Waals surface area contributed by atoms with E-state index in [9.17, 15) is 19.8 Å². The minimum Gasteiger partial charge on any atom is -0.466 e. The first-order valence-electron chi connectivity index (χ1n) is 40.9. The fraction of sp³-hybridized carbons (Fsp3) is 0.951. The maximum absolute atomic E-state index is 12.6. The fourth-order valence-electron chi connectivity index (χ4n) is 13.3. The van der Waals surface area contributed by atoms with Gasteiger partial charge in [-0.15, -0.1) is 0 Å². The van der Waals surface area contributed by atoms with Crippen LogP contribution in [0, 0.1) is 0 Å². The van der Waals surface area contributed by atoms with Crippen molar-refractivity contribution in [2.24, 2.45) is 0 Å². The van der Waals surface area contributed by atoms with E-state index in [1.807, 2.05) is 0 Å². The van der Waals surface area contributed by atoms with E-state index < -0.39 is 12.1 Å². The van der Waals surface area contributed by atoms with Crippen molar-refractivity contribution in [2.75, 3.05) is 13.2 Å². The highest BCUT2D eigenvalue weighted by atomic mass is 16.5. The molecule has 88 heavy (non-hydrogen) atoms. The van der Waals surface area contributed by atoms with Gasteiger partial charge in [0.25, 0.3) is 0 Å². The SMILES string of the molecule is CCCCCCCCCCCCCCCCCCCCCCCCCCC(O)C(CO)NC(=O)CCCCCCCCCCCCCCCCCC/C=C\CCCCCCCCCCCCCCOC(=O)CCCCCCCCCCCCCCCCC. The van der Waals surface area contributed by atoms with Crippen LogP contribution in [0.15, 0.2) is 12.2 Å². The van der Waals surface area contributed by atoms with E-state index in [0.29, 0.717) is 25.9 Å². The number of allylic oxidation sites excluding steroid dienone is 2. The Morgan fingerprint density at radius 3 is 0.807 bits per heavy atom. The summed E-state index contributed by atoms with van der Waals surface area (Å²) in [5.74, 6) is -0.00347. The average molecular weight is 1240 g/mol. The highest BCUT2D eigenvalue weighted by Crippen LogP contribution is 2.21. The molecule has 0 aliphatic rings. The van der Waals surface area contributed by atoms with Crippen LogP contribution in [-0.2, 0) is 14.3 Å². The lowest BCUT2D eigenvalue weighted by atomic mass is 10.0. The molecule has 0 rings (SSSR count). The molecule has 0 heterocycles. The summed E-state index contributed by atoms with van der Waals surface area (Å²) in [5.41, 5.74) is 0. The molecule has 0 aromatic rings. The minimum atomic E-state index is -0.664. The van der Waals surface area contributed by atoms with Gasteiger partial charge in [0.2, 0.25) is 5.91 Å². The normalized spacial score (nSPS) is 12.5. The molecule has 0 radical (unpaired) electrons. The zero-order valence-corrected chi connectivity index (χ0v) is 60.3. The molecule has 0 bridgehead atoms. The summed E-state index contributed by atoms with van der Waals surface area (Å²) in [5, 5.41) is 23.5. The zero-order valence-electron chi connectivity index (χ0n) is 60.3. The van der Waals surface area contributed by atoms with Gasteiger partial charge in [0.05, 0.1) is 25.4 Å². The van der Waals surface area contributed by atoms with Crippen molar-refractivity contribution in [3.63, 3.8) is 0 Å². The number of nitrogens with one attached hydrogen (secondary N) is 1. The monoisotopic (exact) mass is 1240 g/mol. The Hall–Kier alpha value is -1.40. The number of esters is 1. The maximum Gasteiger partial charge on any atom is 0.305 e. The largest absolute Gasteiger partial charge is 0.466 e. The van der Waals surface area contributed by atoms with Gasteiger partial charge >= 0.3 is 5.97 Å². The van der Waals surface area contributed by atoms with E-state index in [1.165, 1.54) is 405 Å². The second-order valence-corrected chi connectivity index (χ2v) is 28.5. The van der Waals surface area contributed by atoms with Crippen LogP contribution in [0.2, 0.25) is 0 Å². The van der Waals surface area contributed by atoms with Crippen molar-refractivity contribution in [2.45, 2.75) is 488 Å². The van der Waals surface area contributed by atoms with Gasteiger partial charge in [-0.1, -0.05) is 424 Å². The third kappa shape index (κ3) is 73.6. The predicted molar refractivity (Wildman–Crippen MR) is 389 cm³/mol. The lowest BCUT2D eigenvalue weighted by molar-refractivity contribution is -0.143. The fourth-order valence-corrected chi connectivity index (χ4v) is 13.3. The predicted octanol–water partition coefficient (Wildman–Crippen LogP) is 27.1. The van der Waals surface area contributed by atoms with Crippen molar-refractivity contribution < 1.29 is 24.5 Å². The zero-order chi connectivity index (χ0) is 63.5. The Bertz CT molecular complexity index is 1340. The lowest BCUT2D eigenvalue weighted by Gasteiger charge is -2.22. The molecule has 0 spiro atoms. The van der Waals surface area contributed by atoms with Crippen LogP contribution < -0.4 is 5.32 Å². The summed E-state index contributed by atoms with van der Waals surface area (Å²) < 4.78 is 5.51. The van der Waals surface area contributed by atoms with Crippen LogP contribution in [0.25, 0.3) is 0 Å². The molecule has 0 aliphatic carbocycles. The summed E-state index contributed by atoms with van der Waals surface area (Å²) >= 11 is 0. The number of aliphatic hydroxyl groups is 2. The maximum atomic E-state index is 12.6. The van der Waals surface area contributed by atoms with Crippen LogP contribution in [0.3, 0.4) is 0 Å². The van der Waals surface area contributed by atoms with Crippen molar-refractivity contribution in [3.8, 4) is 0 Å². The van der Waals surface area contributed by atoms with Crippen LogP contribution in [-0.4, -0.2) is 47.4 Å². The second-order valence-electron chi connectivity index (χ2n) is 28.5. The van der Waals surface area contributed by atoms with E-state index in [-0.39, 0.29) is 18.5 Å². The van der Waals surface area contributed by atoms with Gasteiger partial charge in [0.1, 0.15) is 0 Å². The number of hydrogen-bond donors (Lipinski definition) is 3. The third-order valence-corrected chi connectivity index (χ3v) is 19.6. The van der Waals surface area contributed by atoms with Crippen LogP contribution in [0.4, 0.5) is 0 Å². The van der Waals surface area contributed by atoms with Gasteiger partial charge in [0.15, 0.2) is 0 Å². The second kappa shape index (κ2) is 78.0.